The third kappa shape index (κ3) is 10.0. The molecule has 3 nitrogen and oxygen atoms in total. The molecule has 3 heteroatoms. The summed E-state index contributed by atoms with van der Waals surface area (Å²) in [4.78, 5) is 0. The van der Waals surface area contributed by atoms with E-state index >= 15 is 0 Å². The molecule has 0 aliphatic heterocycles. The van der Waals surface area contributed by atoms with E-state index in [9.17, 15) is 0 Å². The minimum absolute atomic E-state index is 0.0638. The van der Waals surface area contributed by atoms with E-state index in [1.807, 2.05) is 12.1 Å². The molecule has 0 saturated carbocycles. The van der Waals surface area contributed by atoms with E-state index in [1.165, 1.54) is 197 Å². The number of fused-ring (bicyclic) bond motifs is 26. The molecule has 0 amide bonds. The molecule has 24 aromatic rings. The van der Waals surface area contributed by atoms with Crippen LogP contribution < -0.4 is 0 Å². The molecule has 0 bridgehead atoms. The van der Waals surface area contributed by atoms with Crippen LogP contribution in [0.2, 0.25) is 0 Å². The van der Waals surface area contributed by atoms with Crippen LogP contribution in [-0.2, 0) is 10.8 Å². The zero-order valence-electron chi connectivity index (χ0n) is 66.0. The monoisotopic (exact) mass is 1510 g/mol. The normalized spacial score (nSPS) is 13.3. The molecule has 0 saturated heterocycles. The van der Waals surface area contributed by atoms with Crippen LogP contribution in [0.4, 0.5) is 0 Å². The highest BCUT2D eigenvalue weighted by Crippen LogP contribution is 2.56. The maximum atomic E-state index is 6.54. The van der Waals surface area contributed by atoms with Gasteiger partial charge in [-0.05, 0) is 282 Å². The molecule has 2 aliphatic carbocycles. The van der Waals surface area contributed by atoms with Gasteiger partial charge in [0.15, 0.2) is 0 Å². The van der Waals surface area contributed by atoms with Gasteiger partial charge in [0.1, 0.15) is 33.5 Å². The molecule has 3 aromatic heterocycles. The predicted molar refractivity (Wildman–Crippen MR) is 503 cm³/mol. The molecule has 0 spiro atoms. The molecule has 556 valence electrons. The molecule has 0 unspecified atom stereocenters. The van der Waals surface area contributed by atoms with Crippen molar-refractivity contribution in [2.45, 2.75) is 38.5 Å². The Morgan fingerprint density at radius 1 is 0.151 bits per heavy atom. The second-order valence-electron chi connectivity index (χ2n) is 34.0. The van der Waals surface area contributed by atoms with Crippen LogP contribution in [0.15, 0.2) is 389 Å². The SMILES string of the molecule is CC1(C)c2ccc(-c3ccc4oc5ccc(-c6c7ccccc7c(-c7ccc8c(ccc9ccccc98)c7)c7ccccc67)cc5c4c3)cc2-c2c1ccc1ccccc21.CC1(C)c2ccc(-c3ccc4oc5ccc(-c6c7ccccc7c(-c7ccc8oc9ccccc9c8c7)c7ccccc67)cc5c4c3)cc2-c2c1ccc1ccccc21. The highest BCUT2D eigenvalue weighted by atomic mass is 16.3. The summed E-state index contributed by atoms with van der Waals surface area (Å²) in [7, 11) is 0. The van der Waals surface area contributed by atoms with E-state index in [0.717, 1.165) is 65.8 Å². The predicted octanol–water partition coefficient (Wildman–Crippen LogP) is 32.9. The summed E-state index contributed by atoms with van der Waals surface area (Å²) in [5, 5.41) is 26.9. The lowest BCUT2D eigenvalue weighted by Gasteiger charge is -2.21. The van der Waals surface area contributed by atoms with E-state index in [0.29, 0.717) is 0 Å². The van der Waals surface area contributed by atoms with Gasteiger partial charge in [-0.15, -0.1) is 0 Å². The largest absolute Gasteiger partial charge is 0.456 e. The average Bonchev–Trinajstić information content (AvgIpc) is 1.65. The van der Waals surface area contributed by atoms with Crippen molar-refractivity contribution in [2.24, 2.45) is 0 Å². The lowest BCUT2D eigenvalue weighted by atomic mass is 9.82. The van der Waals surface area contributed by atoms with E-state index in [1.54, 1.807) is 0 Å². The fourth-order valence-electron chi connectivity index (χ4n) is 21.2. The smallest absolute Gasteiger partial charge is 0.135 e. The van der Waals surface area contributed by atoms with Crippen molar-refractivity contribution in [3.63, 3.8) is 0 Å². The molecular formula is C116H74O3. The molecule has 3 heterocycles. The van der Waals surface area contributed by atoms with Gasteiger partial charge in [0.2, 0.25) is 0 Å². The van der Waals surface area contributed by atoms with Crippen LogP contribution >= 0.6 is 0 Å². The lowest BCUT2D eigenvalue weighted by Crippen LogP contribution is -2.14. The minimum Gasteiger partial charge on any atom is -0.456 e. The number of para-hydroxylation sites is 1. The quantitative estimate of drug-likeness (QED) is 0.123. The zero-order chi connectivity index (χ0) is 78.7. The Morgan fingerprint density at radius 3 is 0.790 bits per heavy atom. The Balaban J connectivity index is 0.000000132. The van der Waals surface area contributed by atoms with Crippen molar-refractivity contribution in [2.75, 3.05) is 0 Å². The van der Waals surface area contributed by atoms with Gasteiger partial charge in [-0.3, -0.25) is 0 Å². The fourth-order valence-corrected chi connectivity index (χ4v) is 21.2. The van der Waals surface area contributed by atoms with E-state index in [2.05, 4.69) is 392 Å². The Morgan fingerprint density at radius 2 is 0.395 bits per heavy atom. The summed E-state index contributed by atoms with van der Waals surface area (Å²) in [5.74, 6) is 0. The standard InChI is InChI=1S/C59H38O.C57H36O2/c1-59(2)52-27-23-37(33-51(52)58-44-14-6-4-12-36(44)22-28-53(58)59)38-24-29-54-49(32-38)50-34-41(25-30-55(50)60-54)57-47-17-9-7-15-45(47)56(46-16-8-10-18-48(46)57)40-21-26-43-39(31-40)20-19-35-11-3-5-13-42(35)43;1-57(2)48-24-20-34(30-47(48)56-38-12-4-3-11-33(38)19-25-49(56)57)35-21-26-52-45(29-35)46-32-37(23-28-53(46)59-52)55-42-16-7-5-14-40(42)54(41-15-6-8-17-43(41)55)36-22-27-51-44(31-36)39-13-9-10-18-50(39)58-51/h3-34H,1-2H3;3-32H,1-2H3. The van der Waals surface area contributed by atoms with Crippen LogP contribution in [-0.4, -0.2) is 0 Å². The third-order valence-corrected chi connectivity index (χ3v) is 26.9. The van der Waals surface area contributed by atoms with Gasteiger partial charge >= 0.3 is 0 Å². The molecule has 0 fully saturated rings. The molecule has 26 rings (SSSR count). The molecule has 2 aliphatic rings. The summed E-state index contributed by atoms with van der Waals surface area (Å²) in [6.07, 6.45) is 0. The summed E-state index contributed by atoms with van der Waals surface area (Å²) in [5.41, 5.74) is 30.8. The molecule has 0 N–H and O–H groups in total. The zero-order valence-corrected chi connectivity index (χ0v) is 66.0. The van der Waals surface area contributed by atoms with Gasteiger partial charge in [-0.2, -0.15) is 0 Å². The van der Waals surface area contributed by atoms with Crippen LogP contribution in [0, 0.1) is 0 Å². The summed E-state index contributed by atoms with van der Waals surface area (Å²) < 4.78 is 19.3. The number of furan rings is 3. The Hall–Kier alpha value is -14.9. The Bertz CT molecular complexity index is 8450. The number of rotatable bonds is 6. The second-order valence-corrected chi connectivity index (χ2v) is 34.0. The minimum atomic E-state index is -0.0663. The van der Waals surface area contributed by atoms with Crippen LogP contribution in [0.5, 0.6) is 0 Å². The van der Waals surface area contributed by atoms with E-state index in [4.69, 9.17) is 13.3 Å². The van der Waals surface area contributed by atoms with Gasteiger partial charge in [0.25, 0.3) is 0 Å². The first kappa shape index (κ1) is 67.4. The van der Waals surface area contributed by atoms with Gasteiger partial charge in [0, 0.05) is 43.1 Å². The maximum Gasteiger partial charge on any atom is 0.135 e. The highest BCUT2D eigenvalue weighted by molar-refractivity contribution is 6.26. The summed E-state index contributed by atoms with van der Waals surface area (Å²) >= 11 is 0. The molecule has 119 heavy (non-hydrogen) atoms. The van der Waals surface area contributed by atoms with Crippen molar-refractivity contribution in [3.05, 3.63) is 398 Å². The summed E-state index contributed by atoms with van der Waals surface area (Å²) in [6.45, 7) is 9.43. The fraction of sp³-hybridized carbons (Fsp3) is 0.0517. The Kier molecular flexibility index (Phi) is 14.3. The van der Waals surface area contributed by atoms with Crippen LogP contribution in [0.1, 0.15) is 49.9 Å². The highest BCUT2D eigenvalue weighted by Gasteiger charge is 2.39. The van der Waals surface area contributed by atoms with Crippen LogP contribution in [0.25, 0.3) is 241 Å². The van der Waals surface area contributed by atoms with Crippen molar-refractivity contribution in [1.82, 2.24) is 0 Å². The van der Waals surface area contributed by atoms with Gasteiger partial charge in [0.05, 0.1) is 0 Å². The number of hydrogen-bond acceptors (Lipinski definition) is 3. The number of benzene rings is 21. The average molecular weight is 1520 g/mol. The lowest BCUT2D eigenvalue weighted by molar-refractivity contribution is 0.661. The van der Waals surface area contributed by atoms with E-state index in [-0.39, 0.29) is 10.8 Å². The Labute approximate surface area is 686 Å². The van der Waals surface area contributed by atoms with Crippen LogP contribution in [0.3, 0.4) is 0 Å². The summed E-state index contributed by atoms with van der Waals surface area (Å²) in [6, 6.07) is 139. The van der Waals surface area contributed by atoms with Crippen molar-refractivity contribution in [3.8, 4) is 89.0 Å². The topological polar surface area (TPSA) is 39.4 Å². The van der Waals surface area contributed by atoms with Gasteiger partial charge in [-0.1, -0.05) is 319 Å². The van der Waals surface area contributed by atoms with Crippen molar-refractivity contribution >= 4 is 152 Å². The second kappa shape index (κ2) is 25.3. The first-order chi connectivity index (χ1) is 58.5. The van der Waals surface area contributed by atoms with Gasteiger partial charge < -0.3 is 13.3 Å². The maximum absolute atomic E-state index is 6.54. The van der Waals surface area contributed by atoms with Crippen molar-refractivity contribution < 1.29 is 13.3 Å². The first-order valence-electron chi connectivity index (χ1n) is 41.5. The molecular weight excluding hydrogens is 1440 g/mol. The van der Waals surface area contributed by atoms with E-state index < -0.39 is 0 Å². The molecule has 0 atom stereocenters. The molecule has 21 aromatic carbocycles. The first-order valence-corrected chi connectivity index (χ1v) is 41.5. The third-order valence-electron chi connectivity index (χ3n) is 26.9. The van der Waals surface area contributed by atoms with Crippen molar-refractivity contribution in [1.29, 1.82) is 0 Å². The molecule has 0 radical (unpaired) electrons. The van der Waals surface area contributed by atoms with Gasteiger partial charge in [-0.25, -0.2) is 0 Å². The number of hydrogen-bond donors (Lipinski definition) is 0.